The monoisotopic (exact) mass is 362 g/mol. The number of rotatable bonds is 9. The Bertz CT molecular complexity index is 764. The predicted octanol–water partition coefficient (Wildman–Crippen LogP) is 4.83. The van der Waals surface area contributed by atoms with Gasteiger partial charge >= 0.3 is 0 Å². The van der Waals surface area contributed by atoms with Crippen LogP contribution in [0.3, 0.4) is 0 Å². The molecule has 0 amide bonds. The van der Waals surface area contributed by atoms with E-state index in [1.165, 1.54) is 12.1 Å². The Morgan fingerprint density at radius 1 is 1.20 bits per heavy atom. The van der Waals surface area contributed by atoms with E-state index in [0.29, 0.717) is 12.4 Å². The van der Waals surface area contributed by atoms with Crippen molar-refractivity contribution in [3.05, 3.63) is 62.9 Å². The summed E-state index contributed by atoms with van der Waals surface area (Å²) in [6, 6.07) is 9.12. The summed E-state index contributed by atoms with van der Waals surface area (Å²) < 4.78 is 5.71. The molecule has 0 aliphatic heterocycles. The van der Waals surface area contributed by atoms with Gasteiger partial charge in [-0.25, -0.2) is 4.98 Å². The van der Waals surface area contributed by atoms with Gasteiger partial charge in [-0.15, -0.1) is 0 Å². The van der Waals surface area contributed by atoms with Gasteiger partial charge in [0.05, 0.1) is 17.1 Å². The molecule has 0 saturated carbocycles. The van der Waals surface area contributed by atoms with Gasteiger partial charge in [-0.1, -0.05) is 49.9 Å². The zero-order chi connectivity index (χ0) is 18.2. The summed E-state index contributed by atoms with van der Waals surface area (Å²) in [6.45, 7) is 2.61. The van der Waals surface area contributed by atoms with Crippen LogP contribution in [-0.4, -0.2) is 22.3 Å². The van der Waals surface area contributed by atoms with E-state index in [1.54, 1.807) is 24.3 Å². The second-order valence-corrected chi connectivity index (χ2v) is 5.88. The van der Waals surface area contributed by atoms with Crippen molar-refractivity contribution >= 4 is 23.1 Å². The molecule has 7 heteroatoms. The Morgan fingerprint density at radius 2 is 1.96 bits per heavy atom. The van der Waals surface area contributed by atoms with E-state index in [-0.39, 0.29) is 22.1 Å². The lowest BCUT2D eigenvalue weighted by molar-refractivity contribution is -0.385. The van der Waals surface area contributed by atoms with Gasteiger partial charge in [0.15, 0.2) is 5.69 Å². The predicted molar refractivity (Wildman–Crippen MR) is 95.4 cm³/mol. The number of ether oxygens (including phenoxy) is 1. The number of para-hydroxylation sites is 1. The highest BCUT2D eigenvalue weighted by atomic mass is 35.5. The number of hydrogen-bond acceptors (Lipinski definition) is 5. The Kier molecular flexibility index (Phi) is 6.89. The smallest absolute Gasteiger partial charge is 0.299 e. The second kappa shape index (κ2) is 9.13. The molecule has 1 aromatic carbocycles. The third-order valence-corrected chi connectivity index (χ3v) is 3.85. The lowest BCUT2D eigenvalue weighted by Gasteiger charge is -2.10. The standard InChI is InChI=1S/C18H19ClN2O4/c1-2-3-4-7-12-25-15-9-6-5-8-13(15)18(22)17-14(21(23)24)10-11-16(19)20-17/h5-6,8-11H,2-4,7,12H2,1H3. The number of carbonyl (C=O) groups excluding carboxylic acids is 1. The average molecular weight is 363 g/mol. The molecule has 0 saturated heterocycles. The minimum absolute atomic E-state index is 0.0203. The quantitative estimate of drug-likeness (QED) is 0.210. The summed E-state index contributed by atoms with van der Waals surface area (Å²) in [6.07, 6.45) is 4.18. The number of nitrogens with zero attached hydrogens (tertiary/aromatic N) is 2. The number of halogens is 1. The van der Waals surface area contributed by atoms with Gasteiger partial charge in [0, 0.05) is 6.07 Å². The van der Waals surface area contributed by atoms with Crippen LogP contribution in [-0.2, 0) is 0 Å². The third-order valence-electron chi connectivity index (χ3n) is 3.64. The highest BCUT2D eigenvalue weighted by Gasteiger charge is 2.25. The molecule has 0 radical (unpaired) electrons. The van der Waals surface area contributed by atoms with Crippen LogP contribution in [0.15, 0.2) is 36.4 Å². The van der Waals surface area contributed by atoms with Crippen molar-refractivity contribution in [1.29, 1.82) is 0 Å². The first-order valence-corrected chi connectivity index (χ1v) is 8.49. The van der Waals surface area contributed by atoms with Crippen molar-refractivity contribution in [2.24, 2.45) is 0 Å². The number of ketones is 1. The summed E-state index contributed by atoms with van der Waals surface area (Å²) in [7, 11) is 0. The summed E-state index contributed by atoms with van der Waals surface area (Å²) in [5.74, 6) is -0.196. The van der Waals surface area contributed by atoms with Gasteiger partial charge in [0.25, 0.3) is 5.69 Å². The second-order valence-electron chi connectivity index (χ2n) is 5.49. The first kappa shape index (κ1) is 18.9. The van der Waals surface area contributed by atoms with Crippen LogP contribution in [0.1, 0.15) is 48.7 Å². The van der Waals surface area contributed by atoms with Crippen molar-refractivity contribution in [2.75, 3.05) is 6.61 Å². The summed E-state index contributed by atoms with van der Waals surface area (Å²) >= 11 is 5.81. The Morgan fingerprint density at radius 3 is 2.68 bits per heavy atom. The Hall–Kier alpha value is -2.47. The molecular weight excluding hydrogens is 344 g/mol. The van der Waals surface area contributed by atoms with E-state index in [0.717, 1.165) is 25.7 Å². The number of benzene rings is 1. The topological polar surface area (TPSA) is 82.3 Å². The van der Waals surface area contributed by atoms with E-state index in [2.05, 4.69) is 11.9 Å². The van der Waals surface area contributed by atoms with E-state index < -0.39 is 10.7 Å². The van der Waals surface area contributed by atoms with E-state index in [4.69, 9.17) is 16.3 Å². The van der Waals surface area contributed by atoms with Crippen molar-refractivity contribution in [3.8, 4) is 5.75 Å². The maximum Gasteiger partial charge on any atom is 0.299 e. The number of aromatic nitrogens is 1. The Balaban J connectivity index is 2.25. The number of hydrogen-bond donors (Lipinski definition) is 0. The van der Waals surface area contributed by atoms with Crippen LogP contribution in [0.2, 0.25) is 5.15 Å². The summed E-state index contributed by atoms with van der Waals surface area (Å²) in [5.41, 5.74) is -0.442. The van der Waals surface area contributed by atoms with Crippen LogP contribution in [0.25, 0.3) is 0 Å². The van der Waals surface area contributed by atoms with Crippen LogP contribution < -0.4 is 4.74 Å². The maximum atomic E-state index is 12.8. The van der Waals surface area contributed by atoms with Crippen molar-refractivity contribution < 1.29 is 14.5 Å². The van der Waals surface area contributed by atoms with Crippen LogP contribution >= 0.6 is 11.6 Å². The number of pyridine rings is 1. The van der Waals surface area contributed by atoms with Gasteiger partial charge in [0.2, 0.25) is 5.78 Å². The Labute approximate surface area is 150 Å². The van der Waals surface area contributed by atoms with Crippen LogP contribution in [0.5, 0.6) is 5.75 Å². The van der Waals surface area contributed by atoms with Gasteiger partial charge in [-0.05, 0) is 24.6 Å². The highest BCUT2D eigenvalue weighted by molar-refractivity contribution is 6.29. The molecule has 0 N–H and O–H groups in total. The number of carbonyl (C=O) groups is 1. The number of unbranched alkanes of at least 4 members (excludes halogenated alkanes) is 3. The van der Waals surface area contributed by atoms with Gasteiger partial charge in [-0.2, -0.15) is 0 Å². The number of nitro groups is 1. The molecule has 0 bridgehead atoms. The first-order valence-electron chi connectivity index (χ1n) is 8.12. The van der Waals surface area contributed by atoms with Crippen molar-refractivity contribution in [3.63, 3.8) is 0 Å². The molecule has 6 nitrogen and oxygen atoms in total. The molecule has 25 heavy (non-hydrogen) atoms. The van der Waals surface area contributed by atoms with E-state index in [1.807, 2.05) is 0 Å². The molecule has 2 aromatic rings. The fourth-order valence-electron chi connectivity index (χ4n) is 2.36. The molecule has 0 unspecified atom stereocenters. The van der Waals surface area contributed by atoms with Crippen LogP contribution in [0, 0.1) is 10.1 Å². The molecule has 0 fully saturated rings. The lowest BCUT2D eigenvalue weighted by Crippen LogP contribution is -2.10. The fraction of sp³-hybridized carbons (Fsp3) is 0.333. The molecule has 2 rings (SSSR count). The summed E-state index contributed by atoms with van der Waals surface area (Å²) in [4.78, 5) is 27.1. The van der Waals surface area contributed by atoms with E-state index in [9.17, 15) is 14.9 Å². The highest BCUT2D eigenvalue weighted by Crippen LogP contribution is 2.26. The minimum atomic E-state index is -0.648. The zero-order valence-electron chi connectivity index (χ0n) is 13.9. The van der Waals surface area contributed by atoms with E-state index >= 15 is 0 Å². The van der Waals surface area contributed by atoms with Crippen LogP contribution in [0.4, 0.5) is 5.69 Å². The maximum absolute atomic E-state index is 12.8. The lowest BCUT2D eigenvalue weighted by atomic mass is 10.1. The fourth-order valence-corrected chi connectivity index (χ4v) is 2.51. The van der Waals surface area contributed by atoms with Gasteiger partial charge in [0.1, 0.15) is 10.9 Å². The largest absolute Gasteiger partial charge is 0.493 e. The normalized spacial score (nSPS) is 10.5. The molecular formula is C18H19ClN2O4. The minimum Gasteiger partial charge on any atom is -0.493 e. The summed E-state index contributed by atoms with van der Waals surface area (Å²) in [5, 5.41) is 11.2. The average Bonchev–Trinajstić information content (AvgIpc) is 2.61. The van der Waals surface area contributed by atoms with Gasteiger partial charge < -0.3 is 4.74 Å². The third kappa shape index (κ3) is 5.00. The SMILES string of the molecule is CCCCCCOc1ccccc1C(=O)c1nc(Cl)ccc1[N+](=O)[O-]. The molecule has 0 aliphatic rings. The molecule has 0 aliphatic carbocycles. The molecule has 0 spiro atoms. The van der Waals surface area contributed by atoms with Gasteiger partial charge in [-0.3, -0.25) is 14.9 Å². The molecule has 1 heterocycles. The molecule has 132 valence electrons. The van der Waals surface area contributed by atoms with Crippen molar-refractivity contribution in [2.45, 2.75) is 32.6 Å². The first-order chi connectivity index (χ1) is 12.0. The van der Waals surface area contributed by atoms with Crippen molar-refractivity contribution in [1.82, 2.24) is 4.98 Å². The zero-order valence-corrected chi connectivity index (χ0v) is 14.7. The molecule has 0 atom stereocenters. The molecule has 1 aromatic heterocycles.